The van der Waals surface area contributed by atoms with E-state index in [1.165, 1.54) is 6.07 Å². The van der Waals surface area contributed by atoms with Crippen LogP contribution in [0.4, 0.5) is 10.1 Å². The highest BCUT2D eigenvalue weighted by molar-refractivity contribution is 5.92. The first-order valence-corrected chi connectivity index (χ1v) is 7.12. The van der Waals surface area contributed by atoms with Gasteiger partial charge in [-0.2, -0.15) is 0 Å². The number of pyridine rings is 1. The molecule has 1 aliphatic heterocycles. The summed E-state index contributed by atoms with van der Waals surface area (Å²) >= 11 is 0. The minimum absolute atomic E-state index is 0.0983. The zero-order chi connectivity index (χ0) is 15.0. The van der Waals surface area contributed by atoms with Gasteiger partial charge in [0.05, 0.1) is 0 Å². The number of aryl methyl sites for hydroxylation is 1. The van der Waals surface area contributed by atoms with Crippen LogP contribution >= 0.6 is 0 Å². The van der Waals surface area contributed by atoms with E-state index in [0.29, 0.717) is 12.1 Å². The van der Waals surface area contributed by atoms with Crippen molar-refractivity contribution >= 4 is 22.5 Å². The summed E-state index contributed by atoms with van der Waals surface area (Å²) < 4.78 is 13.9. The Morgan fingerprint density at radius 3 is 3.00 bits per heavy atom. The standard InChI is InChI=1S/C16H18FN3O/c1-10-8-15(13-4-3-5-14(17)16(13)18-10)19-12-6-7-20(9-12)11(2)21/h3-5,8,12H,6-7,9H2,1-2H3,(H,18,19). The number of carbonyl (C=O) groups excluding carboxylic acids is 1. The Labute approximate surface area is 123 Å². The summed E-state index contributed by atoms with van der Waals surface area (Å²) in [5.41, 5.74) is 2.05. The molecule has 1 amide bonds. The van der Waals surface area contributed by atoms with Crippen molar-refractivity contribution in [2.24, 2.45) is 0 Å². The molecule has 0 aliphatic carbocycles. The molecule has 1 N–H and O–H groups in total. The van der Waals surface area contributed by atoms with Crippen LogP contribution in [0.25, 0.3) is 10.9 Å². The molecule has 2 aromatic rings. The van der Waals surface area contributed by atoms with Gasteiger partial charge >= 0.3 is 0 Å². The van der Waals surface area contributed by atoms with Gasteiger partial charge in [0.2, 0.25) is 5.91 Å². The van der Waals surface area contributed by atoms with Crippen molar-refractivity contribution in [2.75, 3.05) is 18.4 Å². The lowest BCUT2D eigenvalue weighted by molar-refractivity contribution is -0.127. The monoisotopic (exact) mass is 287 g/mol. The predicted molar refractivity (Wildman–Crippen MR) is 80.7 cm³/mol. The topological polar surface area (TPSA) is 45.2 Å². The van der Waals surface area contributed by atoms with Gasteiger partial charge in [0, 0.05) is 42.8 Å². The van der Waals surface area contributed by atoms with Gasteiger partial charge in [0.15, 0.2) is 0 Å². The van der Waals surface area contributed by atoms with Gasteiger partial charge in [-0.15, -0.1) is 0 Å². The van der Waals surface area contributed by atoms with Gasteiger partial charge < -0.3 is 10.2 Å². The van der Waals surface area contributed by atoms with Crippen LogP contribution < -0.4 is 5.32 Å². The summed E-state index contributed by atoms with van der Waals surface area (Å²) in [6, 6.07) is 7.10. The number of hydrogen-bond acceptors (Lipinski definition) is 3. The van der Waals surface area contributed by atoms with Crippen LogP contribution in [0.1, 0.15) is 19.0 Å². The Morgan fingerprint density at radius 1 is 1.48 bits per heavy atom. The minimum Gasteiger partial charge on any atom is -0.380 e. The molecule has 0 saturated carbocycles. The van der Waals surface area contributed by atoms with E-state index >= 15 is 0 Å². The number of carbonyl (C=O) groups is 1. The van der Waals surface area contributed by atoms with E-state index in [9.17, 15) is 9.18 Å². The Balaban J connectivity index is 1.91. The lowest BCUT2D eigenvalue weighted by Gasteiger charge is -2.17. The van der Waals surface area contributed by atoms with Crippen LogP contribution in [0.15, 0.2) is 24.3 Å². The van der Waals surface area contributed by atoms with Crippen LogP contribution in [0, 0.1) is 12.7 Å². The molecule has 1 saturated heterocycles. The fraction of sp³-hybridized carbons (Fsp3) is 0.375. The maximum absolute atomic E-state index is 13.9. The number of halogens is 1. The molecule has 3 rings (SSSR count). The largest absolute Gasteiger partial charge is 0.380 e. The van der Waals surface area contributed by atoms with Crippen molar-refractivity contribution in [3.05, 3.63) is 35.8 Å². The second-order valence-electron chi connectivity index (χ2n) is 5.54. The lowest BCUT2D eigenvalue weighted by atomic mass is 10.1. The van der Waals surface area contributed by atoms with Gasteiger partial charge in [-0.1, -0.05) is 12.1 Å². The van der Waals surface area contributed by atoms with Crippen LogP contribution in [0.3, 0.4) is 0 Å². The lowest BCUT2D eigenvalue weighted by Crippen LogP contribution is -2.29. The average Bonchev–Trinajstić information content (AvgIpc) is 2.89. The quantitative estimate of drug-likeness (QED) is 0.923. The molecule has 4 nitrogen and oxygen atoms in total. The smallest absolute Gasteiger partial charge is 0.219 e. The number of likely N-dealkylation sites (tertiary alicyclic amines) is 1. The number of rotatable bonds is 2. The Bertz CT molecular complexity index is 701. The summed E-state index contributed by atoms with van der Waals surface area (Å²) in [6.07, 6.45) is 0.901. The molecule has 110 valence electrons. The number of para-hydroxylation sites is 1. The summed E-state index contributed by atoms with van der Waals surface area (Å²) in [5, 5.41) is 4.22. The average molecular weight is 287 g/mol. The van der Waals surface area contributed by atoms with Gasteiger partial charge in [0.1, 0.15) is 11.3 Å². The fourth-order valence-corrected chi connectivity index (χ4v) is 2.84. The molecule has 2 heterocycles. The molecule has 5 heteroatoms. The van der Waals surface area contributed by atoms with Crippen molar-refractivity contribution in [3.63, 3.8) is 0 Å². The Hall–Kier alpha value is -2.17. The number of nitrogens with zero attached hydrogens (tertiary/aromatic N) is 2. The SMILES string of the molecule is CC(=O)N1CCC(Nc2cc(C)nc3c(F)cccc23)C1. The maximum atomic E-state index is 13.9. The highest BCUT2D eigenvalue weighted by Crippen LogP contribution is 2.27. The van der Waals surface area contributed by atoms with E-state index in [2.05, 4.69) is 10.3 Å². The van der Waals surface area contributed by atoms with Crippen LogP contribution in [0.2, 0.25) is 0 Å². The van der Waals surface area contributed by atoms with Crippen molar-refractivity contribution in [2.45, 2.75) is 26.3 Å². The zero-order valence-corrected chi connectivity index (χ0v) is 12.2. The molecule has 21 heavy (non-hydrogen) atoms. The van der Waals surface area contributed by atoms with E-state index in [0.717, 1.165) is 29.7 Å². The normalized spacial score (nSPS) is 18.2. The van der Waals surface area contributed by atoms with Crippen LogP contribution in [-0.2, 0) is 4.79 Å². The van der Waals surface area contributed by atoms with E-state index in [4.69, 9.17) is 0 Å². The third-order valence-electron chi connectivity index (χ3n) is 3.91. The molecule has 1 aliphatic rings. The van der Waals surface area contributed by atoms with Crippen molar-refractivity contribution in [1.82, 2.24) is 9.88 Å². The molecule has 1 unspecified atom stereocenters. The molecule has 1 aromatic heterocycles. The number of anilines is 1. The predicted octanol–water partition coefficient (Wildman–Crippen LogP) is 2.72. The van der Waals surface area contributed by atoms with E-state index < -0.39 is 0 Å². The fourth-order valence-electron chi connectivity index (χ4n) is 2.84. The van der Waals surface area contributed by atoms with Crippen LogP contribution in [-0.4, -0.2) is 34.9 Å². The third-order valence-corrected chi connectivity index (χ3v) is 3.91. The summed E-state index contributed by atoms with van der Waals surface area (Å²) in [6.45, 7) is 4.90. The number of benzene rings is 1. The second kappa shape index (κ2) is 5.31. The Morgan fingerprint density at radius 2 is 2.29 bits per heavy atom. The van der Waals surface area contributed by atoms with Crippen molar-refractivity contribution in [1.29, 1.82) is 0 Å². The molecule has 0 bridgehead atoms. The summed E-state index contributed by atoms with van der Waals surface area (Å²) in [7, 11) is 0. The summed E-state index contributed by atoms with van der Waals surface area (Å²) in [4.78, 5) is 17.5. The Kier molecular flexibility index (Phi) is 3.49. The zero-order valence-electron chi connectivity index (χ0n) is 12.2. The number of nitrogens with one attached hydrogen (secondary N) is 1. The van der Waals surface area contributed by atoms with Gasteiger partial charge in [-0.25, -0.2) is 9.37 Å². The van der Waals surface area contributed by atoms with Gasteiger partial charge in [-0.05, 0) is 25.5 Å². The number of aromatic nitrogens is 1. The van der Waals surface area contributed by atoms with Gasteiger partial charge in [0.25, 0.3) is 0 Å². The van der Waals surface area contributed by atoms with Crippen molar-refractivity contribution in [3.8, 4) is 0 Å². The molecule has 1 fully saturated rings. The first-order valence-electron chi connectivity index (χ1n) is 7.12. The molecular weight excluding hydrogens is 269 g/mol. The summed E-state index contributed by atoms with van der Waals surface area (Å²) in [5.74, 6) is -0.211. The highest BCUT2D eigenvalue weighted by atomic mass is 19.1. The third kappa shape index (κ3) is 2.68. The molecule has 0 radical (unpaired) electrons. The molecular formula is C16H18FN3O. The first-order chi connectivity index (χ1) is 10.0. The minimum atomic E-state index is -0.309. The number of fused-ring (bicyclic) bond motifs is 1. The van der Waals surface area contributed by atoms with E-state index in [1.807, 2.05) is 24.0 Å². The van der Waals surface area contributed by atoms with E-state index in [1.54, 1.807) is 13.0 Å². The van der Waals surface area contributed by atoms with Gasteiger partial charge in [-0.3, -0.25) is 4.79 Å². The molecule has 0 spiro atoms. The molecule has 1 aromatic carbocycles. The first kappa shape index (κ1) is 13.8. The second-order valence-corrected chi connectivity index (χ2v) is 5.54. The van der Waals surface area contributed by atoms with Crippen molar-refractivity contribution < 1.29 is 9.18 Å². The number of hydrogen-bond donors (Lipinski definition) is 1. The van der Waals surface area contributed by atoms with E-state index in [-0.39, 0.29) is 17.8 Å². The van der Waals surface area contributed by atoms with Crippen LogP contribution in [0.5, 0.6) is 0 Å². The molecule has 1 atom stereocenters. The number of amides is 1. The highest BCUT2D eigenvalue weighted by Gasteiger charge is 2.24. The maximum Gasteiger partial charge on any atom is 0.219 e.